The Labute approximate surface area is 110 Å². The van der Waals surface area contributed by atoms with Crippen LogP contribution in [0.25, 0.3) is 0 Å². The van der Waals surface area contributed by atoms with Crippen LogP contribution in [0.4, 0.5) is 0 Å². The second-order valence-corrected chi connectivity index (χ2v) is 4.33. The van der Waals surface area contributed by atoms with Crippen molar-refractivity contribution >= 4 is 11.9 Å². The zero-order chi connectivity index (χ0) is 13.7. The molecule has 1 amide bonds. The van der Waals surface area contributed by atoms with Gasteiger partial charge in [-0.25, -0.2) is 4.79 Å². The van der Waals surface area contributed by atoms with Gasteiger partial charge in [0.25, 0.3) is 5.91 Å². The Kier molecular flexibility index (Phi) is 4.40. The highest BCUT2D eigenvalue weighted by atomic mass is 16.5. The zero-order valence-electron chi connectivity index (χ0n) is 10.4. The minimum atomic E-state index is -0.971. The summed E-state index contributed by atoms with van der Waals surface area (Å²) in [5.41, 5.74) is 0.514. The van der Waals surface area contributed by atoms with Crippen molar-refractivity contribution in [1.82, 2.24) is 15.1 Å². The summed E-state index contributed by atoms with van der Waals surface area (Å²) in [4.78, 5) is 24.2. The van der Waals surface area contributed by atoms with Gasteiger partial charge in [-0.2, -0.15) is 10.2 Å². The third-order valence-electron chi connectivity index (χ3n) is 3.00. The first-order valence-corrected chi connectivity index (χ1v) is 6.06. The quantitative estimate of drug-likeness (QED) is 0.835. The van der Waals surface area contributed by atoms with Crippen molar-refractivity contribution in [3.8, 4) is 0 Å². The molecule has 0 spiro atoms. The van der Waals surface area contributed by atoms with Crippen LogP contribution in [0.15, 0.2) is 18.5 Å². The monoisotopic (exact) mass is 265 g/mol. The summed E-state index contributed by atoms with van der Waals surface area (Å²) in [6, 6.07) is 1.63. The summed E-state index contributed by atoms with van der Waals surface area (Å²) in [7, 11) is 0. The van der Waals surface area contributed by atoms with Crippen LogP contribution in [-0.2, 0) is 9.53 Å². The van der Waals surface area contributed by atoms with E-state index >= 15 is 0 Å². The van der Waals surface area contributed by atoms with E-state index in [0.29, 0.717) is 31.5 Å². The number of aliphatic carboxylic acids is 1. The van der Waals surface area contributed by atoms with Crippen molar-refractivity contribution < 1.29 is 19.4 Å². The van der Waals surface area contributed by atoms with Gasteiger partial charge >= 0.3 is 5.97 Å². The molecule has 1 aliphatic rings. The summed E-state index contributed by atoms with van der Waals surface area (Å²) in [5, 5.41) is 15.8. The molecule has 7 nitrogen and oxygen atoms in total. The molecule has 1 N–H and O–H groups in total. The molecule has 0 unspecified atom stereocenters. The van der Waals surface area contributed by atoms with Crippen molar-refractivity contribution in [2.24, 2.45) is 0 Å². The molecular weight excluding hydrogens is 250 g/mol. The van der Waals surface area contributed by atoms with E-state index in [1.165, 1.54) is 12.4 Å². The molecule has 0 aromatic carbocycles. The van der Waals surface area contributed by atoms with Gasteiger partial charge in [0.15, 0.2) is 0 Å². The van der Waals surface area contributed by atoms with Crippen molar-refractivity contribution in [3.05, 3.63) is 24.0 Å². The number of hydrogen-bond acceptors (Lipinski definition) is 5. The number of carbonyl (C=O) groups excluding carboxylic acids is 1. The van der Waals surface area contributed by atoms with Gasteiger partial charge in [-0.05, 0) is 18.9 Å². The molecule has 2 rings (SSSR count). The average molecular weight is 265 g/mol. The number of carboxylic acids is 1. The second kappa shape index (κ2) is 6.24. The highest BCUT2D eigenvalue weighted by molar-refractivity contribution is 5.93. The molecule has 1 saturated heterocycles. The summed E-state index contributed by atoms with van der Waals surface area (Å²) in [6.45, 7) is 0.837. The van der Waals surface area contributed by atoms with Gasteiger partial charge in [-0.3, -0.25) is 4.79 Å². The molecule has 1 aromatic rings. The van der Waals surface area contributed by atoms with E-state index in [1.54, 1.807) is 11.0 Å². The molecule has 19 heavy (non-hydrogen) atoms. The van der Waals surface area contributed by atoms with Crippen molar-refractivity contribution in [2.45, 2.75) is 18.9 Å². The molecule has 1 aromatic heterocycles. The van der Waals surface area contributed by atoms with Gasteiger partial charge in [0.2, 0.25) is 0 Å². The summed E-state index contributed by atoms with van der Waals surface area (Å²) in [6.07, 6.45) is 4.14. The first kappa shape index (κ1) is 13.4. The largest absolute Gasteiger partial charge is 0.480 e. The van der Waals surface area contributed by atoms with Crippen molar-refractivity contribution in [2.75, 3.05) is 19.7 Å². The number of rotatable bonds is 4. The lowest BCUT2D eigenvalue weighted by Crippen LogP contribution is -2.41. The van der Waals surface area contributed by atoms with E-state index in [0.717, 1.165) is 0 Å². The van der Waals surface area contributed by atoms with Crippen LogP contribution in [-0.4, -0.2) is 57.9 Å². The van der Waals surface area contributed by atoms with Crippen LogP contribution in [0, 0.1) is 0 Å². The van der Waals surface area contributed by atoms with Crippen LogP contribution >= 0.6 is 0 Å². The van der Waals surface area contributed by atoms with E-state index in [9.17, 15) is 9.59 Å². The predicted molar refractivity (Wildman–Crippen MR) is 64.5 cm³/mol. The number of likely N-dealkylation sites (tertiary alicyclic amines) is 1. The molecule has 0 atom stereocenters. The van der Waals surface area contributed by atoms with Crippen molar-refractivity contribution in [3.63, 3.8) is 0 Å². The molecule has 0 aliphatic carbocycles. The number of hydrogen-bond donors (Lipinski definition) is 1. The van der Waals surface area contributed by atoms with Gasteiger partial charge in [0, 0.05) is 13.1 Å². The first-order chi connectivity index (χ1) is 9.16. The molecule has 1 aliphatic heterocycles. The van der Waals surface area contributed by atoms with Gasteiger partial charge in [0.1, 0.15) is 6.61 Å². The van der Waals surface area contributed by atoms with E-state index in [-0.39, 0.29) is 18.6 Å². The van der Waals surface area contributed by atoms with Crippen LogP contribution in [0.5, 0.6) is 0 Å². The molecule has 102 valence electrons. The lowest BCUT2D eigenvalue weighted by Gasteiger charge is -2.31. The number of carboxylic acid groups (broad SMARTS) is 1. The van der Waals surface area contributed by atoms with Crippen molar-refractivity contribution in [1.29, 1.82) is 0 Å². The van der Waals surface area contributed by atoms with Gasteiger partial charge in [-0.1, -0.05) is 0 Å². The lowest BCUT2D eigenvalue weighted by atomic mass is 10.1. The highest BCUT2D eigenvalue weighted by Crippen LogP contribution is 2.15. The minimum absolute atomic E-state index is 0.0772. The molecular formula is C12H15N3O4. The van der Waals surface area contributed by atoms with Crippen LogP contribution in [0.1, 0.15) is 23.2 Å². The van der Waals surface area contributed by atoms with E-state index in [4.69, 9.17) is 9.84 Å². The van der Waals surface area contributed by atoms with E-state index in [1.807, 2.05) is 0 Å². The maximum Gasteiger partial charge on any atom is 0.329 e. The summed E-state index contributed by atoms with van der Waals surface area (Å²) in [5.74, 6) is -1.05. The maximum atomic E-state index is 12.1. The Hall–Kier alpha value is -2.02. The van der Waals surface area contributed by atoms with Gasteiger partial charge in [-0.15, -0.1) is 0 Å². The molecule has 0 bridgehead atoms. The Morgan fingerprint density at radius 1 is 1.37 bits per heavy atom. The summed E-state index contributed by atoms with van der Waals surface area (Å²) < 4.78 is 5.22. The van der Waals surface area contributed by atoms with Gasteiger partial charge < -0.3 is 14.7 Å². The molecule has 1 fully saturated rings. The number of carbonyl (C=O) groups is 2. The first-order valence-electron chi connectivity index (χ1n) is 6.06. The third kappa shape index (κ3) is 3.72. The Balaban J connectivity index is 1.83. The topological polar surface area (TPSA) is 92.6 Å². The summed E-state index contributed by atoms with van der Waals surface area (Å²) >= 11 is 0. The SMILES string of the molecule is O=C(O)COC1CCN(C(=O)c2ccnnc2)CC1. The predicted octanol–water partition coefficient (Wildman–Crippen LogP) is 0.182. The van der Waals surface area contributed by atoms with Gasteiger partial charge in [0.05, 0.1) is 24.1 Å². The Morgan fingerprint density at radius 3 is 2.68 bits per heavy atom. The zero-order valence-corrected chi connectivity index (χ0v) is 10.4. The fourth-order valence-corrected chi connectivity index (χ4v) is 2.01. The van der Waals surface area contributed by atoms with Crippen LogP contribution in [0.2, 0.25) is 0 Å². The Bertz CT molecular complexity index is 444. The number of ether oxygens (including phenoxy) is 1. The average Bonchev–Trinajstić information content (AvgIpc) is 2.46. The Morgan fingerprint density at radius 2 is 2.11 bits per heavy atom. The fourth-order valence-electron chi connectivity index (χ4n) is 2.01. The smallest absolute Gasteiger partial charge is 0.329 e. The molecule has 7 heteroatoms. The number of nitrogens with zero attached hydrogens (tertiary/aromatic N) is 3. The molecule has 0 saturated carbocycles. The van der Waals surface area contributed by atoms with E-state index in [2.05, 4.69) is 10.2 Å². The molecule has 0 radical (unpaired) electrons. The number of aromatic nitrogens is 2. The standard InChI is InChI=1S/C12H15N3O4/c16-11(17)8-19-10-2-5-15(6-3-10)12(18)9-1-4-13-14-7-9/h1,4,7,10H,2-3,5-6,8H2,(H,16,17). The van der Waals surface area contributed by atoms with E-state index < -0.39 is 5.97 Å². The second-order valence-electron chi connectivity index (χ2n) is 4.33. The fraction of sp³-hybridized carbons (Fsp3) is 0.500. The number of piperidine rings is 1. The number of amides is 1. The highest BCUT2D eigenvalue weighted by Gasteiger charge is 2.24. The third-order valence-corrected chi connectivity index (χ3v) is 3.00. The maximum absolute atomic E-state index is 12.1. The minimum Gasteiger partial charge on any atom is -0.480 e. The lowest BCUT2D eigenvalue weighted by molar-refractivity contribution is -0.145. The van der Waals surface area contributed by atoms with Crippen LogP contribution < -0.4 is 0 Å². The molecule has 2 heterocycles. The van der Waals surface area contributed by atoms with Crippen LogP contribution in [0.3, 0.4) is 0 Å². The normalized spacial score (nSPS) is 16.3.